The Morgan fingerprint density at radius 1 is 1.06 bits per heavy atom. The first-order valence-corrected chi connectivity index (χ1v) is 8.28. The lowest BCUT2D eigenvalue weighted by molar-refractivity contribution is -0.118. The molecule has 0 spiro atoms. The molecule has 18 heavy (non-hydrogen) atoms. The maximum atomic E-state index is 12.2. The van der Waals surface area contributed by atoms with Crippen LogP contribution in [0.15, 0.2) is 24.3 Å². The number of fused-ring (bicyclic) bond motifs is 1. The number of benzene rings is 1. The van der Waals surface area contributed by atoms with Crippen LogP contribution in [0.3, 0.4) is 0 Å². The van der Waals surface area contributed by atoms with Crippen molar-refractivity contribution < 1.29 is 4.79 Å². The van der Waals surface area contributed by atoms with Gasteiger partial charge in [0.25, 0.3) is 0 Å². The number of hydrogen-bond acceptors (Lipinski definition) is 2. The summed E-state index contributed by atoms with van der Waals surface area (Å²) < 4.78 is 0. The number of rotatable bonds is 4. The van der Waals surface area contributed by atoms with Gasteiger partial charge in [-0.3, -0.25) is 4.79 Å². The normalized spacial score (nSPS) is 15.6. The van der Waals surface area contributed by atoms with Crippen LogP contribution in [0.25, 0.3) is 0 Å². The highest BCUT2D eigenvalue weighted by Crippen LogP contribution is 2.32. The van der Waals surface area contributed by atoms with E-state index in [1.54, 1.807) is 0 Å². The van der Waals surface area contributed by atoms with E-state index in [1.807, 2.05) is 23.1 Å². The van der Waals surface area contributed by atoms with E-state index in [0.29, 0.717) is 6.42 Å². The van der Waals surface area contributed by atoms with E-state index in [-0.39, 0.29) is 5.91 Å². The Kier molecular flexibility index (Phi) is 5.06. The van der Waals surface area contributed by atoms with Gasteiger partial charge in [-0.1, -0.05) is 44.0 Å². The molecule has 0 radical (unpaired) electrons. The monoisotopic (exact) mass is 374 g/mol. The van der Waals surface area contributed by atoms with Gasteiger partial charge in [0.05, 0.1) is 11.4 Å². The second-order valence-corrected chi connectivity index (χ2v) is 5.74. The molecule has 0 fully saturated rings. The molecule has 0 atom stereocenters. The summed E-state index contributed by atoms with van der Waals surface area (Å²) in [4.78, 5) is 16.3. The molecule has 1 aromatic carbocycles. The maximum absolute atomic E-state index is 12.2. The number of amides is 1. The molecule has 0 saturated heterocycles. The van der Waals surface area contributed by atoms with Gasteiger partial charge >= 0.3 is 0 Å². The number of nitrogens with zero attached hydrogens (tertiary/aromatic N) is 2. The van der Waals surface area contributed by atoms with Gasteiger partial charge in [-0.15, -0.1) is 0 Å². The van der Waals surface area contributed by atoms with Crippen LogP contribution >= 0.6 is 31.9 Å². The Morgan fingerprint density at radius 3 is 2.39 bits per heavy atom. The number of para-hydroxylation sites is 2. The number of alkyl halides is 2. The molecule has 1 amide bonds. The highest BCUT2D eigenvalue weighted by Gasteiger charge is 2.24. The average Bonchev–Trinajstić information content (AvgIpc) is 2.52. The van der Waals surface area contributed by atoms with Crippen LogP contribution in [-0.2, 0) is 4.79 Å². The Morgan fingerprint density at radius 2 is 1.72 bits per heavy atom. The van der Waals surface area contributed by atoms with E-state index in [9.17, 15) is 4.79 Å². The lowest BCUT2D eigenvalue weighted by atomic mass is 10.2. The molecule has 1 aliphatic heterocycles. The minimum absolute atomic E-state index is 0.207. The first kappa shape index (κ1) is 13.9. The smallest absolute Gasteiger partial charge is 0.228 e. The number of hydrogen-bond donors (Lipinski definition) is 0. The third-order valence-electron chi connectivity index (χ3n) is 3.07. The van der Waals surface area contributed by atoms with E-state index in [0.717, 1.165) is 41.7 Å². The van der Waals surface area contributed by atoms with Crippen LogP contribution in [0.2, 0.25) is 0 Å². The highest BCUT2D eigenvalue weighted by molar-refractivity contribution is 9.09. The maximum Gasteiger partial charge on any atom is 0.228 e. The van der Waals surface area contributed by atoms with Crippen LogP contribution in [0.4, 0.5) is 11.4 Å². The fraction of sp³-hybridized carbons (Fsp3) is 0.462. The van der Waals surface area contributed by atoms with E-state index in [1.165, 1.54) is 0 Å². The zero-order chi connectivity index (χ0) is 13.0. The molecule has 0 bridgehead atoms. The van der Waals surface area contributed by atoms with Crippen molar-refractivity contribution in [3.63, 3.8) is 0 Å². The third kappa shape index (κ3) is 2.88. The molecule has 98 valence electrons. The van der Waals surface area contributed by atoms with Gasteiger partial charge in [-0.05, 0) is 12.1 Å². The molecule has 0 aromatic heterocycles. The zero-order valence-corrected chi connectivity index (χ0v) is 13.3. The van der Waals surface area contributed by atoms with Crippen LogP contribution in [0.5, 0.6) is 0 Å². The summed E-state index contributed by atoms with van der Waals surface area (Å²) in [5.41, 5.74) is 2.18. The summed E-state index contributed by atoms with van der Waals surface area (Å²) in [6.07, 6.45) is 0.578. The fourth-order valence-electron chi connectivity index (χ4n) is 2.24. The second-order valence-electron chi connectivity index (χ2n) is 4.15. The molecule has 5 heteroatoms. The second kappa shape index (κ2) is 6.57. The largest absolute Gasteiger partial charge is 0.368 e. The summed E-state index contributed by atoms with van der Waals surface area (Å²) >= 11 is 6.90. The topological polar surface area (TPSA) is 23.6 Å². The first-order chi connectivity index (χ1) is 8.77. The van der Waals surface area contributed by atoms with Gasteiger partial charge in [-0.2, -0.15) is 0 Å². The van der Waals surface area contributed by atoms with Crippen LogP contribution < -0.4 is 9.80 Å². The molecule has 0 saturated carbocycles. The van der Waals surface area contributed by atoms with Crippen molar-refractivity contribution in [1.82, 2.24) is 0 Å². The average molecular weight is 376 g/mol. The molecule has 0 unspecified atom stereocenters. The summed E-state index contributed by atoms with van der Waals surface area (Å²) in [6.45, 7) is 2.44. The van der Waals surface area contributed by atoms with Gasteiger partial charge in [-0.25, -0.2) is 0 Å². The van der Waals surface area contributed by atoms with Crippen molar-refractivity contribution in [2.45, 2.75) is 6.42 Å². The summed E-state index contributed by atoms with van der Waals surface area (Å²) in [6, 6.07) is 8.15. The number of carbonyl (C=O) groups is 1. The molecule has 0 N–H and O–H groups in total. The van der Waals surface area contributed by atoms with Crippen molar-refractivity contribution in [2.24, 2.45) is 0 Å². The molecule has 1 heterocycles. The van der Waals surface area contributed by atoms with Crippen LogP contribution in [0, 0.1) is 0 Å². The van der Waals surface area contributed by atoms with E-state index >= 15 is 0 Å². The molecular weight excluding hydrogens is 360 g/mol. The van der Waals surface area contributed by atoms with Crippen molar-refractivity contribution in [2.75, 3.05) is 40.1 Å². The minimum Gasteiger partial charge on any atom is -0.368 e. The predicted molar refractivity (Wildman–Crippen MR) is 83.2 cm³/mol. The molecular formula is C13H16Br2N2O. The Labute approximate surface area is 124 Å². The van der Waals surface area contributed by atoms with Crippen molar-refractivity contribution in [1.29, 1.82) is 0 Å². The minimum atomic E-state index is 0.207. The fourth-order valence-corrected chi connectivity index (χ4v) is 3.03. The molecule has 1 aliphatic rings. The third-order valence-corrected chi connectivity index (χ3v) is 3.78. The number of halogens is 2. The van der Waals surface area contributed by atoms with Gasteiger partial charge < -0.3 is 9.80 Å². The van der Waals surface area contributed by atoms with Crippen molar-refractivity contribution >= 4 is 49.1 Å². The summed E-state index contributed by atoms with van der Waals surface area (Å²) in [5.74, 6) is 0.207. The zero-order valence-electron chi connectivity index (χ0n) is 10.1. The number of carbonyl (C=O) groups excluding carboxylic acids is 1. The van der Waals surface area contributed by atoms with Crippen molar-refractivity contribution in [3.8, 4) is 0 Å². The number of anilines is 2. The Bertz CT molecular complexity index is 425. The lowest BCUT2D eigenvalue weighted by Gasteiger charge is -2.25. The molecule has 3 nitrogen and oxygen atoms in total. The van der Waals surface area contributed by atoms with Gasteiger partial charge in [0.15, 0.2) is 0 Å². The predicted octanol–water partition coefficient (Wildman–Crippen LogP) is 3.02. The standard InChI is InChI=1S/C13H16Br2N2O/c14-6-9-16-8-5-13(18)17(10-7-15)12-4-2-1-3-11(12)16/h1-4H,5-10H2. The van der Waals surface area contributed by atoms with Crippen LogP contribution in [0.1, 0.15) is 6.42 Å². The van der Waals surface area contributed by atoms with Crippen LogP contribution in [-0.4, -0.2) is 36.2 Å². The summed E-state index contributed by atoms with van der Waals surface area (Å²) in [5, 5.41) is 1.71. The van der Waals surface area contributed by atoms with E-state index < -0.39 is 0 Å². The Balaban J connectivity index is 2.39. The highest BCUT2D eigenvalue weighted by atomic mass is 79.9. The van der Waals surface area contributed by atoms with Crippen molar-refractivity contribution in [3.05, 3.63) is 24.3 Å². The summed E-state index contributed by atoms with van der Waals surface area (Å²) in [7, 11) is 0. The Hall–Kier alpha value is -0.550. The lowest BCUT2D eigenvalue weighted by Crippen LogP contribution is -2.32. The van der Waals surface area contributed by atoms with E-state index in [4.69, 9.17) is 0 Å². The first-order valence-electron chi connectivity index (χ1n) is 6.04. The van der Waals surface area contributed by atoms with Gasteiger partial charge in [0.1, 0.15) is 0 Å². The van der Waals surface area contributed by atoms with Gasteiger partial charge in [0, 0.05) is 36.7 Å². The quantitative estimate of drug-likeness (QED) is 0.755. The van der Waals surface area contributed by atoms with Gasteiger partial charge in [0.2, 0.25) is 5.91 Å². The van der Waals surface area contributed by atoms with E-state index in [2.05, 4.69) is 42.8 Å². The molecule has 0 aliphatic carbocycles. The molecule has 2 rings (SSSR count). The SMILES string of the molecule is O=C1CCN(CCBr)c2ccccc2N1CCBr. The molecule has 1 aromatic rings.